The van der Waals surface area contributed by atoms with Crippen molar-refractivity contribution in [3.63, 3.8) is 0 Å². The van der Waals surface area contributed by atoms with Crippen molar-refractivity contribution >= 4 is 11.9 Å². The fourth-order valence-electron chi connectivity index (χ4n) is 0.903. The third-order valence-electron chi connectivity index (χ3n) is 1.51. The van der Waals surface area contributed by atoms with Gasteiger partial charge in [0.25, 0.3) is 0 Å². The highest BCUT2D eigenvalue weighted by atomic mass is 16.4. The van der Waals surface area contributed by atoms with Crippen molar-refractivity contribution in [3.8, 4) is 0 Å². The zero-order chi connectivity index (χ0) is 9.56. The molecule has 12 heavy (non-hydrogen) atoms. The SMILES string of the molecule is CCCC[C@@H](NC(C)=O)C(=O)[O-]. The first kappa shape index (κ1) is 10.9. The highest BCUT2D eigenvalue weighted by Gasteiger charge is 2.09. The molecule has 0 aromatic heterocycles. The van der Waals surface area contributed by atoms with Gasteiger partial charge >= 0.3 is 0 Å². The van der Waals surface area contributed by atoms with Crippen molar-refractivity contribution in [2.24, 2.45) is 0 Å². The molecule has 0 aliphatic rings. The number of nitrogens with one attached hydrogen (secondary N) is 1. The third kappa shape index (κ3) is 4.71. The average molecular weight is 172 g/mol. The monoisotopic (exact) mass is 172 g/mol. The van der Waals surface area contributed by atoms with Gasteiger partial charge in [0.2, 0.25) is 5.91 Å². The Hall–Kier alpha value is -1.06. The van der Waals surface area contributed by atoms with E-state index >= 15 is 0 Å². The van der Waals surface area contributed by atoms with Crippen molar-refractivity contribution in [3.05, 3.63) is 0 Å². The van der Waals surface area contributed by atoms with Gasteiger partial charge < -0.3 is 15.2 Å². The van der Waals surface area contributed by atoms with E-state index in [1.807, 2.05) is 6.92 Å². The summed E-state index contributed by atoms with van der Waals surface area (Å²) in [6.45, 7) is 3.25. The first-order valence-electron chi connectivity index (χ1n) is 4.06. The molecule has 0 aliphatic carbocycles. The summed E-state index contributed by atoms with van der Waals surface area (Å²) < 4.78 is 0. The quantitative estimate of drug-likeness (QED) is 0.603. The van der Waals surface area contributed by atoms with Crippen molar-refractivity contribution in [2.45, 2.75) is 39.2 Å². The van der Waals surface area contributed by atoms with E-state index < -0.39 is 12.0 Å². The summed E-state index contributed by atoms with van der Waals surface area (Å²) in [4.78, 5) is 20.9. The minimum Gasteiger partial charge on any atom is -0.548 e. The van der Waals surface area contributed by atoms with Gasteiger partial charge in [-0.25, -0.2) is 0 Å². The second-order valence-corrected chi connectivity index (χ2v) is 2.71. The van der Waals surface area contributed by atoms with Gasteiger partial charge in [0, 0.05) is 6.92 Å². The average Bonchev–Trinajstić information content (AvgIpc) is 1.96. The Morgan fingerprint density at radius 1 is 1.50 bits per heavy atom. The second-order valence-electron chi connectivity index (χ2n) is 2.71. The summed E-state index contributed by atoms with van der Waals surface area (Å²) in [5.41, 5.74) is 0. The highest BCUT2D eigenvalue weighted by molar-refractivity contribution is 5.80. The summed E-state index contributed by atoms with van der Waals surface area (Å²) in [5.74, 6) is -1.54. The number of hydrogen-bond acceptors (Lipinski definition) is 3. The zero-order valence-electron chi connectivity index (χ0n) is 7.42. The molecule has 1 N–H and O–H groups in total. The number of rotatable bonds is 5. The molecule has 0 heterocycles. The molecule has 1 atom stereocenters. The first-order valence-corrected chi connectivity index (χ1v) is 4.06. The Bertz CT molecular complexity index is 168. The van der Waals surface area contributed by atoms with Crippen LogP contribution in [-0.4, -0.2) is 17.9 Å². The molecular formula is C8H14NO3-. The maximum Gasteiger partial charge on any atom is 0.217 e. The summed E-state index contributed by atoms with van der Waals surface area (Å²) in [7, 11) is 0. The molecule has 0 aromatic carbocycles. The molecule has 0 fully saturated rings. The number of carboxylic acid groups (broad SMARTS) is 1. The number of carboxylic acids is 1. The maximum absolute atomic E-state index is 10.5. The Balaban J connectivity index is 3.87. The van der Waals surface area contributed by atoms with Gasteiger partial charge in [-0.05, 0) is 6.42 Å². The lowest BCUT2D eigenvalue weighted by Crippen LogP contribution is -2.47. The van der Waals surface area contributed by atoms with Gasteiger partial charge in [0.1, 0.15) is 0 Å². The minimum absolute atomic E-state index is 0.333. The fourth-order valence-corrected chi connectivity index (χ4v) is 0.903. The van der Waals surface area contributed by atoms with Gasteiger partial charge in [-0.1, -0.05) is 19.8 Å². The lowest BCUT2D eigenvalue weighted by molar-refractivity contribution is -0.308. The van der Waals surface area contributed by atoms with Crippen molar-refractivity contribution < 1.29 is 14.7 Å². The lowest BCUT2D eigenvalue weighted by Gasteiger charge is -2.17. The molecule has 0 aliphatic heterocycles. The van der Waals surface area contributed by atoms with Crippen LogP contribution in [0.5, 0.6) is 0 Å². The largest absolute Gasteiger partial charge is 0.548 e. The molecule has 0 spiro atoms. The van der Waals surface area contributed by atoms with Gasteiger partial charge in [-0.3, -0.25) is 4.79 Å². The number of aliphatic carboxylic acids is 1. The van der Waals surface area contributed by atoms with E-state index in [1.165, 1.54) is 6.92 Å². The van der Waals surface area contributed by atoms with Gasteiger partial charge in [0.05, 0.1) is 12.0 Å². The molecule has 0 radical (unpaired) electrons. The van der Waals surface area contributed by atoms with E-state index in [2.05, 4.69) is 5.32 Å². The predicted octanol–water partition coefficient (Wildman–Crippen LogP) is -0.569. The predicted molar refractivity (Wildman–Crippen MR) is 42.1 cm³/mol. The number of unbranched alkanes of at least 4 members (excludes halogenated alkanes) is 1. The Morgan fingerprint density at radius 2 is 2.08 bits per heavy atom. The van der Waals surface area contributed by atoms with Crippen LogP contribution >= 0.6 is 0 Å². The van der Waals surface area contributed by atoms with Crippen molar-refractivity contribution in [2.75, 3.05) is 0 Å². The molecule has 0 saturated carbocycles. The molecule has 0 bridgehead atoms. The smallest absolute Gasteiger partial charge is 0.217 e. The van der Waals surface area contributed by atoms with Gasteiger partial charge in [0.15, 0.2) is 0 Å². The molecular weight excluding hydrogens is 158 g/mol. The van der Waals surface area contributed by atoms with Crippen molar-refractivity contribution in [1.29, 1.82) is 0 Å². The van der Waals surface area contributed by atoms with Gasteiger partial charge in [-0.15, -0.1) is 0 Å². The van der Waals surface area contributed by atoms with E-state index in [0.29, 0.717) is 6.42 Å². The Kier molecular flexibility index (Phi) is 5.08. The molecule has 4 heteroatoms. The van der Waals surface area contributed by atoms with E-state index in [9.17, 15) is 14.7 Å². The van der Waals surface area contributed by atoms with Crippen LogP contribution in [-0.2, 0) is 9.59 Å². The van der Waals surface area contributed by atoms with E-state index in [-0.39, 0.29) is 5.91 Å². The van der Waals surface area contributed by atoms with Crippen LogP contribution < -0.4 is 10.4 Å². The molecule has 0 aromatic rings. The summed E-state index contributed by atoms with van der Waals surface area (Å²) in [6, 6.07) is -0.831. The fraction of sp³-hybridized carbons (Fsp3) is 0.750. The molecule has 70 valence electrons. The van der Waals surface area contributed by atoms with Crippen LogP contribution in [0.4, 0.5) is 0 Å². The van der Waals surface area contributed by atoms with Crippen LogP contribution in [0.15, 0.2) is 0 Å². The van der Waals surface area contributed by atoms with Crippen LogP contribution in [0.1, 0.15) is 33.1 Å². The molecule has 0 saturated heterocycles. The van der Waals surface area contributed by atoms with Crippen LogP contribution in [0, 0.1) is 0 Å². The molecule has 0 rings (SSSR count). The van der Waals surface area contributed by atoms with Crippen molar-refractivity contribution in [1.82, 2.24) is 5.32 Å². The second kappa shape index (κ2) is 5.57. The Labute approximate surface area is 72.0 Å². The normalized spacial score (nSPS) is 12.2. The van der Waals surface area contributed by atoms with E-state index in [1.54, 1.807) is 0 Å². The number of carbonyl (C=O) groups is 2. The lowest BCUT2D eigenvalue weighted by atomic mass is 10.1. The van der Waals surface area contributed by atoms with Crippen LogP contribution in [0.2, 0.25) is 0 Å². The standard InChI is InChI=1S/C8H15NO3/c1-3-4-5-7(8(11)12)9-6(2)10/h7H,3-5H2,1-2H3,(H,9,10)(H,11,12)/p-1/t7-/m1/s1. The topological polar surface area (TPSA) is 69.2 Å². The van der Waals surface area contributed by atoms with Crippen LogP contribution in [0.3, 0.4) is 0 Å². The number of amides is 1. The first-order chi connectivity index (χ1) is 5.57. The molecule has 0 unspecified atom stereocenters. The maximum atomic E-state index is 10.5. The Morgan fingerprint density at radius 3 is 2.42 bits per heavy atom. The summed E-state index contributed by atoms with van der Waals surface area (Å²) in [5, 5.41) is 12.7. The van der Waals surface area contributed by atoms with E-state index in [0.717, 1.165) is 12.8 Å². The third-order valence-corrected chi connectivity index (χ3v) is 1.51. The number of hydrogen-bond donors (Lipinski definition) is 1. The highest BCUT2D eigenvalue weighted by Crippen LogP contribution is 1.99. The molecule has 4 nitrogen and oxygen atoms in total. The minimum atomic E-state index is -1.21. The summed E-state index contributed by atoms with van der Waals surface area (Å²) in [6.07, 6.45) is 2.13. The van der Waals surface area contributed by atoms with Crippen LogP contribution in [0.25, 0.3) is 0 Å². The van der Waals surface area contributed by atoms with E-state index in [4.69, 9.17) is 0 Å². The molecule has 1 amide bonds. The summed E-state index contributed by atoms with van der Waals surface area (Å²) >= 11 is 0. The number of carbonyl (C=O) groups excluding carboxylic acids is 2. The zero-order valence-corrected chi connectivity index (χ0v) is 7.42. The van der Waals surface area contributed by atoms with Gasteiger partial charge in [-0.2, -0.15) is 0 Å².